The van der Waals surface area contributed by atoms with Crippen LogP contribution in [0.15, 0.2) is 12.2 Å². The third kappa shape index (κ3) is 7.52. The topological polar surface area (TPSA) is 17.1 Å². The van der Waals surface area contributed by atoms with Gasteiger partial charge >= 0.3 is 0 Å². The van der Waals surface area contributed by atoms with Crippen molar-refractivity contribution >= 4 is 5.78 Å². The second kappa shape index (κ2) is 5.13. The first kappa shape index (κ1) is 11.4. The summed E-state index contributed by atoms with van der Waals surface area (Å²) < 4.78 is 0. The van der Waals surface area contributed by atoms with Crippen LogP contribution in [0, 0.1) is 5.41 Å². The van der Waals surface area contributed by atoms with Gasteiger partial charge in [0.25, 0.3) is 0 Å². The minimum absolute atomic E-state index is 0.256. The van der Waals surface area contributed by atoms with Crippen LogP contribution in [-0.4, -0.2) is 5.78 Å². The Morgan fingerprint density at radius 3 is 2.33 bits per heavy atom. The van der Waals surface area contributed by atoms with Crippen LogP contribution in [-0.2, 0) is 4.79 Å². The van der Waals surface area contributed by atoms with Gasteiger partial charge in [0, 0.05) is 6.42 Å². The molecule has 0 aromatic heterocycles. The summed E-state index contributed by atoms with van der Waals surface area (Å²) in [5.41, 5.74) is 0.274. The quantitative estimate of drug-likeness (QED) is 0.588. The number of carbonyl (C=O) groups excluding carboxylic acids is 1. The van der Waals surface area contributed by atoms with E-state index in [-0.39, 0.29) is 11.2 Å². The molecule has 1 nitrogen and oxygen atoms in total. The van der Waals surface area contributed by atoms with Crippen LogP contribution in [0.2, 0.25) is 0 Å². The van der Waals surface area contributed by atoms with Crippen LogP contribution in [0.1, 0.15) is 47.0 Å². The highest BCUT2D eigenvalue weighted by Crippen LogP contribution is 2.20. The zero-order valence-corrected chi connectivity index (χ0v) is 8.68. The lowest BCUT2D eigenvalue weighted by Crippen LogP contribution is -2.07. The molecule has 0 aliphatic heterocycles. The van der Waals surface area contributed by atoms with E-state index >= 15 is 0 Å². The third-order valence-corrected chi connectivity index (χ3v) is 1.66. The van der Waals surface area contributed by atoms with Gasteiger partial charge in [-0.1, -0.05) is 33.8 Å². The Morgan fingerprint density at radius 2 is 1.92 bits per heavy atom. The van der Waals surface area contributed by atoms with E-state index in [0.717, 1.165) is 12.8 Å². The number of rotatable bonds is 4. The number of carbonyl (C=O) groups is 1. The second-order valence-corrected chi connectivity index (χ2v) is 4.34. The molecule has 0 amide bonds. The molecule has 0 aliphatic carbocycles. The molecule has 0 saturated carbocycles. The number of ketones is 1. The van der Waals surface area contributed by atoms with Crippen molar-refractivity contribution in [1.29, 1.82) is 0 Å². The largest absolute Gasteiger partial charge is 0.295 e. The molecule has 0 heterocycles. The Bertz CT molecular complexity index is 160. The summed E-state index contributed by atoms with van der Waals surface area (Å²) in [6, 6.07) is 0. The van der Waals surface area contributed by atoms with Crippen molar-refractivity contribution in [3.63, 3.8) is 0 Å². The molecule has 0 N–H and O–H groups in total. The summed E-state index contributed by atoms with van der Waals surface area (Å²) in [6.07, 6.45) is 6.22. The van der Waals surface area contributed by atoms with Crippen molar-refractivity contribution in [2.45, 2.75) is 47.0 Å². The fourth-order valence-electron chi connectivity index (χ4n) is 0.831. The first-order valence-electron chi connectivity index (χ1n) is 4.65. The summed E-state index contributed by atoms with van der Waals surface area (Å²) in [4.78, 5) is 11.2. The predicted octanol–water partition coefficient (Wildman–Crippen LogP) is 3.35. The standard InChI is InChI=1S/C11H20O/c1-5-6-7-10(12)8-9-11(2,3)4/h6-7H,5,8-9H2,1-4H3/b7-6+. The van der Waals surface area contributed by atoms with Gasteiger partial charge in [-0.3, -0.25) is 4.79 Å². The fourth-order valence-corrected chi connectivity index (χ4v) is 0.831. The summed E-state index contributed by atoms with van der Waals surface area (Å²) in [5.74, 6) is 0.256. The van der Waals surface area contributed by atoms with E-state index in [4.69, 9.17) is 0 Å². The lowest BCUT2D eigenvalue weighted by molar-refractivity contribution is -0.115. The molecule has 0 aromatic carbocycles. The van der Waals surface area contributed by atoms with Gasteiger partial charge in [-0.15, -0.1) is 0 Å². The molecule has 70 valence electrons. The molecule has 0 aliphatic rings. The van der Waals surface area contributed by atoms with E-state index in [1.807, 2.05) is 13.0 Å². The molecule has 0 radical (unpaired) electrons. The van der Waals surface area contributed by atoms with E-state index in [9.17, 15) is 4.79 Å². The maximum atomic E-state index is 11.2. The van der Waals surface area contributed by atoms with Crippen molar-refractivity contribution in [3.05, 3.63) is 12.2 Å². The van der Waals surface area contributed by atoms with Gasteiger partial charge in [-0.05, 0) is 24.3 Å². The van der Waals surface area contributed by atoms with Crippen LogP contribution in [0.5, 0.6) is 0 Å². The molecule has 0 unspecified atom stereocenters. The first-order valence-corrected chi connectivity index (χ1v) is 4.65. The first-order chi connectivity index (χ1) is 5.45. The van der Waals surface area contributed by atoms with Crippen molar-refractivity contribution in [1.82, 2.24) is 0 Å². The van der Waals surface area contributed by atoms with Gasteiger partial charge in [0.15, 0.2) is 5.78 Å². The van der Waals surface area contributed by atoms with Crippen LogP contribution < -0.4 is 0 Å². The minimum Gasteiger partial charge on any atom is -0.295 e. The Balaban J connectivity index is 3.65. The zero-order chi connectivity index (χ0) is 9.61. The van der Waals surface area contributed by atoms with Gasteiger partial charge in [0.2, 0.25) is 0 Å². The molecule has 0 rings (SSSR count). The molecular weight excluding hydrogens is 148 g/mol. The fraction of sp³-hybridized carbons (Fsp3) is 0.727. The Kier molecular flexibility index (Phi) is 4.87. The number of hydrogen-bond donors (Lipinski definition) is 0. The minimum atomic E-state index is 0.256. The smallest absolute Gasteiger partial charge is 0.155 e. The zero-order valence-electron chi connectivity index (χ0n) is 8.68. The maximum absolute atomic E-state index is 11.2. The molecule has 0 saturated heterocycles. The van der Waals surface area contributed by atoms with Crippen molar-refractivity contribution < 1.29 is 4.79 Å². The van der Waals surface area contributed by atoms with Crippen molar-refractivity contribution in [3.8, 4) is 0 Å². The van der Waals surface area contributed by atoms with E-state index < -0.39 is 0 Å². The van der Waals surface area contributed by atoms with E-state index in [1.165, 1.54) is 0 Å². The second-order valence-electron chi connectivity index (χ2n) is 4.34. The molecule has 1 heteroatoms. The molecule has 12 heavy (non-hydrogen) atoms. The summed E-state index contributed by atoms with van der Waals surface area (Å²) in [5, 5.41) is 0. The van der Waals surface area contributed by atoms with E-state index in [1.54, 1.807) is 6.08 Å². The van der Waals surface area contributed by atoms with Crippen molar-refractivity contribution in [2.24, 2.45) is 5.41 Å². The van der Waals surface area contributed by atoms with Crippen LogP contribution in [0.4, 0.5) is 0 Å². The monoisotopic (exact) mass is 168 g/mol. The lowest BCUT2D eigenvalue weighted by atomic mass is 9.89. The van der Waals surface area contributed by atoms with Crippen LogP contribution >= 0.6 is 0 Å². The summed E-state index contributed by atoms with van der Waals surface area (Å²) >= 11 is 0. The van der Waals surface area contributed by atoms with Gasteiger partial charge in [-0.2, -0.15) is 0 Å². The SMILES string of the molecule is CC/C=C/C(=O)CCC(C)(C)C. The molecule has 0 aromatic rings. The highest BCUT2D eigenvalue weighted by atomic mass is 16.1. The predicted molar refractivity (Wildman–Crippen MR) is 53.1 cm³/mol. The van der Waals surface area contributed by atoms with Gasteiger partial charge < -0.3 is 0 Å². The molecule has 0 fully saturated rings. The highest BCUT2D eigenvalue weighted by Gasteiger charge is 2.10. The van der Waals surface area contributed by atoms with E-state index in [2.05, 4.69) is 20.8 Å². The lowest BCUT2D eigenvalue weighted by Gasteiger charge is -2.16. The average molecular weight is 168 g/mol. The molecule has 0 bridgehead atoms. The molecule has 0 spiro atoms. The third-order valence-electron chi connectivity index (χ3n) is 1.66. The Labute approximate surface area is 75.9 Å². The number of hydrogen-bond acceptors (Lipinski definition) is 1. The van der Waals surface area contributed by atoms with Gasteiger partial charge in [0.1, 0.15) is 0 Å². The van der Waals surface area contributed by atoms with Crippen LogP contribution in [0.25, 0.3) is 0 Å². The summed E-state index contributed by atoms with van der Waals surface area (Å²) in [6.45, 7) is 8.50. The van der Waals surface area contributed by atoms with Crippen LogP contribution in [0.3, 0.4) is 0 Å². The van der Waals surface area contributed by atoms with Gasteiger partial charge in [0.05, 0.1) is 0 Å². The number of allylic oxidation sites excluding steroid dienone is 2. The molecular formula is C11H20O. The average Bonchev–Trinajstić information content (AvgIpc) is 1.95. The highest BCUT2D eigenvalue weighted by molar-refractivity contribution is 5.89. The van der Waals surface area contributed by atoms with Gasteiger partial charge in [-0.25, -0.2) is 0 Å². The maximum Gasteiger partial charge on any atom is 0.155 e. The normalized spacial score (nSPS) is 12.3. The molecule has 0 atom stereocenters. The van der Waals surface area contributed by atoms with E-state index in [0.29, 0.717) is 6.42 Å². The Morgan fingerprint density at radius 1 is 1.33 bits per heavy atom. The summed E-state index contributed by atoms with van der Waals surface area (Å²) in [7, 11) is 0. The Hall–Kier alpha value is -0.590. The van der Waals surface area contributed by atoms with Crippen molar-refractivity contribution in [2.75, 3.05) is 0 Å².